The van der Waals surface area contributed by atoms with Crippen molar-refractivity contribution in [3.05, 3.63) is 16.4 Å². The molecule has 1 atom stereocenters. The lowest BCUT2D eigenvalue weighted by Gasteiger charge is -2.25. The number of aromatic nitrogens is 2. The zero-order chi connectivity index (χ0) is 14.6. The van der Waals surface area contributed by atoms with Gasteiger partial charge in [0.05, 0.1) is 22.9 Å². The molecule has 0 saturated heterocycles. The maximum Gasteiger partial charge on any atom is 0.0635 e. The number of halogens is 2. The Morgan fingerprint density at radius 2 is 2.05 bits per heavy atom. The maximum atomic E-state index is 6.45. The van der Waals surface area contributed by atoms with E-state index in [1.807, 2.05) is 6.20 Å². The highest BCUT2D eigenvalue weighted by molar-refractivity contribution is 9.10. The van der Waals surface area contributed by atoms with Crippen LogP contribution in [0.5, 0.6) is 0 Å². The molecule has 3 nitrogen and oxygen atoms in total. The summed E-state index contributed by atoms with van der Waals surface area (Å²) in [6.07, 6.45) is 3.81. The first-order valence-electron chi connectivity index (χ1n) is 6.71. The Morgan fingerprint density at radius 3 is 2.58 bits per heavy atom. The molecule has 1 heterocycles. The summed E-state index contributed by atoms with van der Waals surface area (Å²) in [5.41, 5.74) is 1.39. The van der Waals surface area contributed by atoms with Crippen LogP contribution in [0.3, 0.4) is 0 Å². The smallest absolute Gasteiger partial charge is 0.0635 e. The summed E-state index contributed by atoms with van der Waals surface area (Å²) in [4.78, 5) is 2.17. The van der Waals surface area contributed by atoms with Crippen molar-refractivity contribution < 1.29 is 0 Å². The van der Waals surface area contributed by atoms with E-state index in [-0.39, 0.29) is 10.8 Å². The topological polar surface area (TPSA) is 21.1 Å². The minimum atomic E-state index is 0.141. The molecule has 1 rings (SSSR count). The van der Waals surface area contributed by atoms with Crippen LogP contribution in [0.2, 0.25) is 0 Å². The standard InChI is InChI=1S/C14H25BrClN3/c1-14(2,3)13(16)7-6-12-11(15)10-17-19(12)9-8-18(4)5/h10,13H,6-9H2,1-5H3. The molecule has 0 aliphatic heterocycles. The molecule has 0 aliphatic carbocycles. The first kappa shape index (κ1) is 17.0. The molecule has 0 aromatic carbocycles. The van der Waals surface area contributed by atoms with Crippen LogP contribution < -0.4 is 0 Å². The molecule has 0 aliphatic rings. The molecule has 110 valence electrons. The van der Waals surface area contributed by atoms with Gasteiger partial charge in [-0.1, -0.05) is 20.8 Å². The molecule has 0 spiro atoms. The molecular weight excluding hydrogens is 326 g/mol. The van der Waals surface area contributed by atoms with E-state index >= 15 is 0 Å². The molecule has 0 bridgehead atoms. The number of hydrogen-bond acceptors (Lipinski definition) is 2. The summed E-state index contributed by atoms with van der Waals surface area (Å²) in [6.45, 7) is 8.45. The molecule has 0 N–H and O–H groups in total. The van der Waals surface area contributed by atoms with E-state index in [0.29, 0.717) is 0 Å². The number of nitrogens with zero attached hydrogens (tertiary/aromatic N) is 3. The zero-order valence-corrected chi connectivity index (χ0v) is 14.9. The lowest BCUT2D eigenvalue weighted by Crippen LogP contribution is -2.23. The van der Waals surface area contributed by atoms with Crippen molar-refractivity contribution in [3.63, 3.8) is 0 Å². The highest BCUT2D eigenvalue weighted by atomic mass is 79.9. The molecule has 0 saturated carbocycles. The van der Waals surface area contributed by atoms with Crippen molar-refractivity contribution in [3.8, 4) is 0 Å². The van der Waals surface area contributed by atoms with Crippen LogP contribution in [0.15, 0.2) is 10.7 Å². The molecule has 0 radical (unpaired) electrons. The van der Waals surface area contributed by atoms with Crippen molar-refractivity contribution >= 4 is 27.5 Å². The SMILES string of the molecule is CN(C)CCn1ncc(Br)c1CCC(Cl)C(C)(C)C. The van der Waals surface area contributed by atoms with Crippen molar-refractivity contribution in [1.82, 2.24) is 14.7 Å². The second kappa shape index (κ2) is 7.09. The summed E-state index contributed by atoms with van der Waals surface area (Å²) < 4.78 is 3.17. The monoisotopic (exact) mass is 349 g/mol. The molecule has 0 amide bonds. The lowest BCUT2D eigenvalue weighted by molar-refractivity contribution is 0.359. The normalized spacial score (nSPS) is 14.1. The molecule has 1 aromatic heterocycles. The van der Waals surface area contributed by atoms with Gasteiger partial charge >= 0.3 is 0 Å². The Hall–Kier alpha value is -0.0600. The second-order valence-corrected chi connectivity index (χ2v) is 7.72. The van der Waals surface area contributed by atoms with Gasteiger partial charge in [-0.2, -0.15) is 5.10 Å². The van der Waals surface area contributed by atoms with Gasteiger partial charge in [-0.05, 0) is 48.3 Å². The number of alkyl halides is 1. The van der Waals surface area contributed by atoms with Crippen LogP contribution in [0.4, 0.5) is 0 Å². The first-order chi connectivity index (χ1) is 8.71. The van der Waals surface area contributed by atoms with E-state index < -0.39 is 0 Å². The van der Waals surface area contributed by atoms with E-state index in [1.54, 1.807) is 0 Å². The van der Waals surface area contributed by atoms with Gasteiger partial charge in [0, 0.05) is 11.9 Å². The van der Waals surface area contributed by atoms with Crippen LogP contribution in [-0.2, 0) is 13.0 Å². The molecule has 0 fully saturated rings. The predicted octanol–water partition coefficient (Wildman–Crippen LogP) is 3.79. The van der Waals surface area contributed by atoms with E-state index in [0.717, 1.165) is 30.4 Å². The first-order valence-corrected chi connectivity index (χ1v) is 7.93. The van der Waals surface area contributed by atoms with Gasteiger partial charge in [-0.3, -0.25) is 4.68 Å². The van der Waals surface area contributed by atoms with E-state index in [1.165, 1.54) is 5.69 Å². The van der Waals surface area contributed by atoms with Crippen LogP contribution in [0.25, 0.3) is 0 Å². The quantitative estimate of drug-likeness (QED) is 0.728. The third-order valence-electron chi connectivity index (χ3n) is 3.23. The third-order valence-corrected chi connectivity index (χ3v) is 4.77. The van der Waals surface area contributed by atoms with E-state index in [4.69, 9.17) is 11.6 Å². The minimum Gasteiger partial charge on any atom is -0.308 e. The van der Waals surface area contributed by atoms with Crippen molar-refractivity contribution in [2.45, 2.75) is 45.5 Å². The summed E-state index contributed by atoms with van der Waals surface area (Å²) >= 11 is 10.0. The largest absolute Gasteiger partial charge is 0.308 e. The summed E-state index contributed by atoms with van der Waals surface area (Å²) in [5, 5.41) is 4.61. The molecule has 1 aromatic rings. The zero-order valence-electron chi connectivity index (χ0n) is 12.6. The molecular formula is C14H25BrClN3. The highest BCUT2D eigenvalue weighted by Gasteiger charge is 2.22. The highest BCUT2D eigenvalue weighted by Crippen LogP contribution is 2.29. The Kier molecular flexibility index (Phi) is 6.34. The number of hydrogen-bond donors (Lipinski definition) is 0. The average molecular weight is 351 g/mol. The van der Waals surface area contributed by atoms with Crippen LogP contribution in [-0.4, -0.2) is 40.7 Å². The van der Waals surface area contributed by atoms with Crippen LogP contribution >= 0.6 is 27.5 Å². The Morgan fingerprint density at radius 1 is 1.42 bits per heavy atom. The fraction of sp³-hybridized carbons (Fsp3) is 0.786. The fourth-order valence-corrected chi connectivity index (χ4v) is 2.42. The minimum absolute atomic E-state index is 0.141. The van der Waals surface area contributed by atoms with Gasteiger partial charge in [-0.15, -0.1) is 11.6 Å². The fourth-order valence-electron chi connectivity index (χ4n) is 1.82. The van der Waals surface area contributed by atoms with Gasteiger partial charge in [0.2, 0.25) is 0 Å². The van der Waals surface area contributed by atoms with Gasteiger partial charge in [0.1, 0.15) is 0 Å². The van der Waals surface area contributed by atoms with E-state index in [9.17, 15) is 0 Å². The van der Waals surface area contributed by atoms with Gasteiger partial charge in [0.15, 0.2) is 0 Å². The molecule has 1 unspecified atom stereocenters. The predicted molar refractivity (Wildman–Crippen MR) is 85.9 cm³/mol. The summed E-state index contributed by atoms with van der Waals surface area (Å²) in [6, 6.07) is 0. The average Bonchev–Trinajstić information content (AvgIpc) is 2.63. The Labute approximate surface area is 130 Å². The van der Waals surface area contributed by atoms with Crippen molar-refractivity contribution in [1.29, 1.82) is 0 Å². The Bertz CT molecular complexity index is 396. The van der Waals surface area contributed by atoms with Crippen molar-refractivity contribution in [2.75, 3.05) is 20.6 Å². The maximum absolute atomic E-state index is 6.45. The van der Waals surface area contributed by atoms with Crippen LogP contribution in [0.1, 0.15) is 32.9 Å². The Balaban J connectivity index is 2.64. The lowest BCUT2D eigenvalue weighted by atomic mass is 9.89. The van der Waals surface area contributed by atoms with Gasteiger partial charge in [0.25, 0.3) is 0 Å². The van der Waals surface area contributed by atoms with E-state index in [2.05, 4.69) is 65.5 Å². The van der Waals surface area contributed by atoms with Gasteiger partial charge in [-0.25, -0.2) is 0 Å². The van der Waals surface area contributed by atoms with Gasteiger partial charge < -0.3 is 4.90 Å². The number of likely N-dealkylation sites (N-methyl/N-ethyl adjacent to an activating group) is 1. The van der Waals surface area contributed by atoms with Crippen molar-refractivity contribution in [2.24, 2.45) is 5.41 Å². The molecule has 19 heavy (non-hydrogen) atoms. The number of rotatable bonds is 6. The van der Waals surface area contributed by atoms with Crippen LogP contribution in [0, 0.1) is 5.41 Å². The molecule has 5 heteroatoms. The summed E-state index contributed by atoms with van der Waals surface area (Å²) in [5.74, 6) is 0. The summed E-state index contributed by atoms with van der Waals surface area (Å²) in [7, 11) is 4.15. The second-order valence-electron chi connectivity index (χ2n) is 6.34. The third kappa shape index (κ3) is 5.44.